The predicted molar refractivity (Wildman–Crippen MR) is 76.8 cm³/mol. The van der Waals surface area contributed by atoms with E-state index in [4.69, 9.17) is 17.3 Å². The first-order valence-corrected chi connectivity index (χ1v) is 7.64. The Morgan fingerprint density at radius 1 is 1.35 bits per heavy atom. The van der Waals surface area contributed by atoms with E-state index in [0.29, 0.717) is 11.3 Å². The maximum atomic E-state index is 6.29. The summed E-state index contributed by atoms with van der Waals surface area (Å²) in [5.74, 6) is 1.21. The van der Waals surface area contributed by atoms with E-state index in [1.165, 1.54) is 17.7 Å². The van der Waals surface area contributed by atoms with Crippen LogP contribution >= 0.6 is 22.9 Å². The van der Waals surface area contributed by atoms with E-state index in [1.807, 2.05) is 6.07 Å². The maximum Gasteiger partial charge on any atom is 0.0548 e. The van der Waals surface area contributed by atoms with Crippen LogP contribution in [-0.4, -0.2) is 6.04 Å². The van der Waals surface area contributed by atoms with Gasteiger partial charge in [0.2, 0.25) is 0 Å². The molecule has 0 saturated heterocycles. The molecule has 2 N–H and O–H groups in total. The van der Waals surface area contributed by atoms with Crippen molar-refractivity contribution in [1.82, 2.24) is 0 Å². The topological polar surface area (TPSA) is 26.0 Å². The summed E-state index contributed by atoms with van der Waals surface area (Å²) < 4.78 is 0. The van der Waals surface area contributed by atoms with Gasteiger partial charge in [0.05, 0.1) is 5.02 Å². The fraction of sp³-hybridized carbons (Fsp3) is 0.714. The molecule has 1 aliphatic rings. The third-order valence-corrected chi connectivity index (χ3v) is 5.60. The van der Waals surface area contributed by atoms with Gasteiger partial charge in [-0.3, -0.25) is 0 Å². The highest BCUT2D eigenvalue weighted by Crippen LogP contribution is 2.46. The van der Waals surface area contributed by atoms with Crippen LogP contribution in [0.25, 0.3) is 0 Å². The van der Waals surface area contributed by atoms with E-state index in [9.17, 15) is 0 Å². The van der Waals surface area contributed by atoms with Crippen molar-refractivity contribution >= 4 is 22.9 Å². The van der Waals surface area contributed by atoms with Gasteiger partial charge >= 0.3 is 0 Å². The number of hydrogen-bond donors (Lipinski definition) is 1. The van der Waals surface area contributed by atoms with E-state index >= 15 is 0 Å². The molecular formula is C14H22ClNS. The van der Waals surface area contributed by atoms with Crippen LogP contribution < -0.4 is 5.73 Å². The molecule has 3 heteroatoms. The monoisotopic (exact) mass is 271 g/mol. The summed E-state index contributed by atoms with van der Waals surface area (Å²) in [5.41, 5.74) is 6.67. The lowest BCUT2D eigenvalue weighted by Gasteiger charge is -2.40. The van der Waals surface area contributed by atoms with Gasteiger partial charge in [-0.1, -0.05) is 32.4 Å². The minimum Gasteiger partial charge on any atom is -0.327 e. The Bertz CT molecular complexity index is 380. The Balaban J connectivity index is 2.19. The highest BCUT2D eigenvalue weighted by Gasteiger charge is 2.36. The molecule has 1 aromatic heterocycles. The summed E-state index contributed by atoms with van der Waals surface area (Å²) in [4.78, 5) is 1.30. The van der Waals surface area contributed by atoms with E-state index in [-0.39, 0.29) is 6.04 Å². The quantitative estimate of drug-likeness (QED) is 0.790. The highest BCUT2D eigenvalue weighted by molar-refractivity contribution is 7.10. The van der Waals surface area contributed by atoms with Gasteiger partial charge in [-0.15, -0.1) is 11.3 Å². The lowest BCUT2D eigenvalue weighted by atomic mass is 9.67. The predicted octanol–water partition coefficient (Wildman–Crippen LogP) is 4.66. The van der Waals surface area contributed by atoms with E-state index in [0.717, 1.165) is 17.4 Å². The normalized spacial score (nSPS) is 30.5. The molecule has 96 valence electrons. The molecule has 1 saturated carbocycles. The van der Waals surface area contributed by atoms with Crippen molar-refractivity contribution in [3.63, 3.8) is 0 Å². The van der Waals surface area contributed by atoms with Gasteiger partial charge in [0.15, 0.2) is 0 Å². The molecule has 2 rings (SSSR count). The number of halogens is 1. The Kier molecular flexibility index (Phi) is 3.86. The Labute approximate surface area is 113 Å². The third kappa shape index (κ3) is 2.86. The summed E-state index contributed by atoms with van der Waals surface area (Å²) in [6, 6.07) is 2.28. The van der Waals surface area contributed by atoms with Gasteiger partial charge in [0.25, 0.3) is 0 Å². The number of rotatable bonds is 1. The van der Waals surface area contributed by atoms with Crippen LogP contribution in [0.5, 0.6) is 0 Å². The van der Waals surface area contributed by atoms with Gasteiger partial charge in [-0.25, -0.2) is 0 Å². The molecule has 1 heterocycles. The largest absolute Gasteiger partial charge is 0.327 e. The second-order valence-corrected chi connectivity index (χ2v) is 7.63. The standard InChI is InChI=1S/C14H22ClNS/c1-14(2,3)9-4-5-12(16)10(8-9)13-11(15)6-7-17-13/h6-7,9-10,12H,4-5,8,16H2,1-3H3. The summed E-state index contributed by atoms with van der Waals surface area (Å²) in [5, 5.41) is 2.98. The van der Waals surface area contributed by atoms with Crippen molar-refractivity contribution in [2.45, 2.75) is 52.0 Å². The van der Waals surface area contributed by atoms with Gasteiger partial charge in [-0.2, -0.15) is 0 Å². The molecule has 1 aromatic rings. The zero-order chi connectivity index (χ0) is 12.6. The zero-order valence-electron chi connectivity index (χ0n) is 10.9. The van der Waals surface area contributed by atoms with Gasteiger partial charge in [0.1, 0.15) is 0 Å². The molecule has 17 heavy (non-hydrogen) atoms. The molecule has 0 bridgehead atoms. The molecule has 1 aliphatic carbocycles. The van der Waals surface area contributed by atoms with Gasteiger partial charge < -0.3 is 5.73 Å². The summed E-state index contributed by atoms with van der Waals surface area (Å²) in [7, 11) is 0. The molecule has 0 amide bonds. The van der Waals surface area contributed by atoms with Crippen LogP contribution in [0.2, 0.25) is 5.02 Å². The van der Waals surface area contributed by atoms with Crippen molar-refractivity contribution in [2.75, 3.05) is 0 Å². The zero-order valence-corrected chi connectivity index (χ0v) is 12.4. The van der Waals surface area contributed by atoms with Crippen LogP contribution in [0, 0.1) is 11.3 Å². The minimum absolute atomic E-state index is 0.282. The number of nitrogens with two attached hydrogens (primary N) is 1. The molecule has 1 fully saturated rings. The maximum absolute atomic E-state index is 6.29. The van der Waals surface area contributed by atoms with Crippen LogP contribution in [0.4, 0.5) is 0 Å². The van der Waals surface area contributed by atoms with Crippen LogP contribution in [0.3, 0.4) is 0 Å². The van der Waals surface area contributed by atoms with Crippen molar-refractivity contribution in [3.8, 4) is 0 Å². The smallest absolute Gasteiger partial charge is 0.0548 e. The lowest BCUT2D eigenvalue weighted by Crippen LogP contribution is -2.38. The van der Waals surface area contributed by atoms with Gasteiger partial charge in [0, 0.05) is 16.8 Å². The number of thiophene rings is 1. The SMILES string of the molecule is CC(C)(C)C1CCC(N)C(c2sccc2Cl)C1. The molecule has 0 aliphatic heterocycles. The summed E-state index contributed by atoms with van der Waals surface area (Å²) >= 11 is 8.02. The van der Waals surface area contributed by atoms with Crippen molar-refractivity contribution in [2.24, 2.45) is 17.1 Å². The highest BCUT2D eigenvalue weighted by atomic mass is 35.5. The van der Waals surface area contributed by atoms with E-state index in [1.54, 1.807) is 11.3 Å². The average molecular weight is 272 g/mol. The van der Waals surface area contributed by atoms with Gasteiger partial charge in [-0.05, 0) is 42.0 Å². The second kappa shape index (κ2) is 4.91. The Hall–Kier alpha value is -0.0500. The molecular weight excluding hydrogens is 250 g/mol. The molecule has 0 spiro atoms. The first-order valence-electron chi connectivity index (χ1n) is 6.38. The number of hydrogen-bond acceptors (Lipinski definition) is 2. The van der Waals surface area contributed by atoms with Crippen LogP contribution in [-0.2, 0) is 0 Å². The van der Waals surface area contributed by atoms with Crippen LogP contribution in [0.15, 0.2) is 11.4 Å². The molecule has 0 radical (unpaired) electrons. The lowest BCUT2D eigenvalue weighted by molar-refractivity contribution is 0.155. The fourth-order valence-corrected chi connectivity index (χ4v) is 4.24. The fourth-order valence-electron chi connectivity index (χ4n) is 2.85. The first-order chi connectivity index (χ1) is 7.89. The van der Waals surface area contributed by atoms with Crippen molar-refractivity contribution in [1.29, 1.82) is 0 Å². The minimum atomic E-state index is 0.282. The average Bonchev–Trinajstić information content (AvgIpc) is 2.63. The Morgan fingerprint density at radius 3 is 2.59 bits per heavy atom. The molecule has 1 nitrogen and oxygen atoms in total. The third-order valence-electron chi connectivity index (χ3n) is 4.11. The summed E-state index contributed by atoms with van der Waals surface area (Å²) in [6.45, 7) is 7.00. The first kappa shape index (κ1) is 13.4. The van der Waals surface area contributed by atoms with E-state index < -0.39 is 0 Å². The van der Waals surface area contributed by atoms with Crippen LogP contribution in [0.1, 0.15) is 50.8 Å². The van der Waals surface area contributed by atoms with Crippen molar-refractivity contribution < 1.29 is 0 Å². The van der Waals surface area contributed by atoms with Crippen molar-refractivity contribution in [3.05, 3.63) is 21.3 Å². The molecule has 3 unspecified atom stereocenters. The van der Waals surface area contributed by atoms with E-state index in [2.05, 4.69) is 26.2 Å². The second-order valence-electron chi connectivity index (χ2n) is 6.28. The Morgan fingerprint density at radius 2 is 2.06 bits per heavy atom. The summed E-state index contributed by atoms with van der Waals surface area (Å²) in [6.07, 6.45) is 3.57. The molecule has 3 atom stereocenters. The molecule has 0 aromatic carbocycles.